The number of benzene rings is 2. The van der Waals surface area contributed by atoms with Crippen molar-refractivity contribution < 1.29 is 24.2 Å². The molecule has 0 saturated heterocycles. The summed E-state index contributed by atoms with van der Waals surface area (Å²) < 4.78 is 5.70. The van der Waals surface area contributed by atoms with E-state index in [1.165, 1.54) is 24.3 Å². The smallest absolute Gasteiger partial charge is 0.342 e. The molecule has 4 rings (SSSR count). The van der Waals surface area contributed by atoms with Crippen molar-refractivity contribution >= 4 is 53.0 Å². The fourth-order valence-corrected chi connectivity index (χ4v) is 3.84. The van der Waals surface area contributed by atoms with Gasteiger partial charge >= 0.3 is 11.9 Å². The number of halogens is 2. The van der Waals surface area contributed by atoms with Gasteiger partial charge in [0.05, 0.1) is 10.6 Å². The van der Waals surface area contributed by atoms with Gasteiger partial charge in [0.25, 0.3) is 0 Å². The molecular formula is C22H13Cl2N3O5S. The predicted molar refractivity (Wildman–Crippen MR) is 124 cm³/mol. The third-order valence-corrected chi connectivity index (χ3v) is 5.83. The Bertz CT molecular complexity index is 1380. The summed E-state index contributed by atoms with van der Waals surface area (Å²) in [6.45, 7) is 0. The third-order valence-electron chi connectivity index (χ3n) is 4.37. The Kier molecular flexibility index (Phi) is 6.55. The van der Waals surface area contributed by atoms with Crippen molar-refractivity contribution in [3.63, 3.8) is 0 Å². The molecular weight excluding hydrogens is 489 g/mol. The van der Waals surface area contributed by atoms with Crippen LogP contribution < -0.4 is 0 Å². The van der Waals surface area contributed by atoms with Crippen LogP contribution in [0.3, 0.4) is 0 Å². The highest BCUT2D eigenvalue weighted by Crippen LogP contribution is 2.33. The molecule has 0 radical (unpaired) electrons. The summed E-state index contributed by atoms with van der Waals surface area (Å²) >= 11 is 12.9. The fraction of sp³-hybridized carbons (Fsp3) is 0. The van der Waals surface area contributed by atoms with Crippen molar-refractivity contribution in [2.45, 2.75) is 5.16 Å². The molecule has 0 fully saturated rings. The van der Waals surface area contributed by atoms with Crippen molar-refractivity contribution in [1.29, 1.82) is 0 Å². The first-order valence-corrected chi connectivity index (χ1v) is 10.8. The van der Waals surface area contributed by atoms with Gasteiger partial charge < -0.3 is 14.6 Å². The molecule has 3 N–H and O–H groups in total. The number of carbonyl (C=O) groups is 2. The maximum Gasteiger partial charge on any atom is 0.342 e. The number of carboxylic acids is 2. The van der Waals surface area contributed by atoms with Gasteiger partial charge in [0.15, 0.2) is 5.82 Å². The van der Waals surface area contributed by atoms with E-state index >= 15 is 0 Å². The van der Waals surface area contributed by atoms with Gasteiger partial charge in [0.1, 0.15) is 16.4 Å². The minimum absolute atomic E-state index is 0.0470. The van der Waals surface area contributed by atoms with Crippen LogP contribution in [0.2, 0.25) is 10.0 Å². The van der Waals surface area contributed by atoms with E-state index in [1.54, 1.807) is 36.4 Å². The molecule has 0 atom stereocenters. The van der Waals surface area contributed by atoms with Crippen molar-refractivity contribution in [3.05, 3.63) is 80.9 Å². The number of nitrogens with zero attached hydrogens (tertiary/aromatic N) is 2. The summed E-state index contributed by atoms with van der Waals surface area (Å²) in [5.74, 6) is -1.30. The molecule has 4 aromatic rings. The van der Waals surface area contributed by atoms with E-state index in [9.17, 15) is 19.8 Å². The lowest BCUT2D eigenvalue weighted by Crippen LogP contribution is -1.97. The van der Waals surface area contributed by atoms with Crippen molar-refractivity contribution in [2.75, 3.05) is 0 Å². The van der Waals surface area contributed by atoms with Gasteiger partial charge in [-0.15, -0.1) is 5.10 Å². The Hall–Kier alpha value is -3.53. The Morgan fingerprint density at radius 2 is 1.79 bits per heavy atom. The van der Waals surface area contributed by atoms with Crippen LogP contribution in [0.5, 0.6) is 0 Å². The van der Waals surface area contributed by atoms with E-state index < -0.39 is 11.9 Å². The molecule has 0 aliphatic heterocycles. The first-order chi connectivity index (χ1) is 15.8. The van der Waals surface area contributed by atoms with Crippen molar-refractivity contribution in [1.82, 2.24) is 15.2 Å². The van der Waals surface area contributed by atoms with Crippen LogP contribution in [0.15, 0.2) is 69.1 Å². The van der Waals surface area contributed by atoms with E-state index in [-0.39, 0.29) is 21.4 Å². The summed E-state index contributed by atoms with van der Waals surface area (Å²) in [5.41, 5.74) is 1.17. The topological polar surface area (TPSA) is 129 Å². The Labute approximate surface area is 200 Å². The second-order valence-electron chi connectivity index (χ2n) is 6.59. The normalized spacial score (nSPS) is 11.5. The number of furan rings is 1. The van der Waals surface area contributed by atoms with Crippen LogP contribution in [0, 0.1) is 0 Å². The summed E-state index contributed by atoms with van der Waals surface area (Å²) in [7, 11) is 0. The number of rotatable bonds is 7. The molecule has 2 heterocycles. The van der Waals surface area contributed by atoms with Crippen LogP contribution in [-0.4, -0.2) is 37.3 Å². The second kappa shape index (κ2) is 9.53. The van der Waals surface area contributed by atoms with Crippen molar-refractivity contribution in [3.8, 4) is 22.7 Å². The highest BCUT2D eigenvalue weighted by Gasteiger charge is 2.17. The highest BCUT2D eigenvalue weighted by molar-refractivity contribution is 8.04. The van der Waals surface area contributed by atoms with Crippen molar-refractivity contribution in [2.24, 2.45) is 0 Å². The molecule has 0 spiro atoms. The number of H-pyrrole nitrogens is 1. The number of carboxylic acid groups (broad SMARTS) is 2. The SMILES string of the molecule is O=C(O)/C(=C/c1ccc(-c2cc(C(=O)O)ccc2Cl)o1)Sc1n[nH]c(-c2ccc(Cl)cc2)n1. The van der Waals surface area contributed by atoms with E-state index in [2.05, 4.69) is 15.2 Å². The molecule has 2 aromatic heterocycles. The Balaban J connectivity index is 1.58. The fourth-order valence-electron chi connectivity index (χ4n) is 2.81. The molecule has 0 bridgehead atoms. The monoisotopic (exact) mass is 501 g/mol. The zero-order chi connectivity index (χ0) is 23.5. The number of aliphatic carboxylic acids is 1. The molecule has 2 aromatic carbocycles. The molecule has 166 valence electrons. The summed E-state index contributed by atoms with van der Waals surface area (Å²) in [6, 6.07) is 14.3. The lowest BCUT2D eigenvalue weighted by molar-refractivity contribution is -0.131. The van der Waals surface area contributed by atoms with Crippen LogP contribution in [0.4, 0.5) is 0 Å². The number of thioether (sulfide) groups is 1. The van der Waals surface area contributed by atoms with Gasteiger partial charge in [-0.25, -0.2) is 14.6 Å². The number of aromatic nitrogens is 3. The van der Waals surface area contributed by atoms with E-state index in [0.717, 1.165) is 17.3 Å². The first kappa shape index (κ1) is 22.7. The highest BCUT2D eigenvalue weighted by atomic mass is 35.5. The summed E-state index contributed by atoms with van der Waals surface area (Å²) in [5, 5.41) is 26.7. The van der Waals surface area contributed by atoms with E-state index in [4.69, 9.17) is 27.6 Å². The van der Waals surface area contributed by atoms with Crippen LogP contribution in [0.1, 0.15) is 16.1 Å². The summed E-state index contributed by atoms with van der Waals surface area (Å²) in [4.78, 5) is 27.2. The maximum atomic E-state index is 11.8. The zero-order valence-corrected chi connectivity index (χ0v) is 18.8. The average molecular weight is 502 g/mol. The standard InChI is InChI=1S/C22H13Cl2N3O5S/c23-13-4-1-11(2-5-13)19-25-22(27-26-19)33-18(21(30)31)10-14-6-8-17(32-14)15-9-12(20(28)29)3-7-16(15)24/h1-10H,(H,28,29)(H,30,31)(H,25,26,27)/b18-10-. The molecule has 0 amide bonds. The second-order valence-corrected chi connectivity index (χ2v) is 8.44. The quantitative estimate of drug-likeness (QED) is 0.209. The van der Waals surface area contributed by atoms with Gasteiger partial charge in [-0.3, -0.25) is 5.10 Å². The van der Waals surface area contributed by atoms with Crippen LogP contribution >= 0.6 is 35.0 Å². The Morgan fingerprint density at radius 1 is 1.03 bits per heavy atom. The molecule has 11 heteroatoms. The van der Waals surface area contributed by atoms with Crippen LogP contribution in [-0.2, 0) is 4.79 Å². The number of aromatic carboxylic acids is 1. The van der Waals surface area contributed by atoms with Gasteiger partial charge in [-0.1, -0.05) is 23.2 Å². The zero-order valence-electron chi connectivity index (χ0n) is 16.5. The molecule has 0 saturated carbocycles. The molecule has 8 nitrogen and oxygen atoms in total. The molecule has 33 heavy (non-hydrogen) atoms. The minimum Gasteiger partial charge on any atom is -0.478 e. The average Bonchev–Trinajstić information content (AvgIpc) is 3.44. The number of aromatic amines is 1. The van der Waals surface area contributed by atoms with Gasteiger partial charge in [0, 0.05) is 22.2 Å². The number of hydrogen-bond donors (Lipinski definition) is 3. The van der Waals surface area contributed by atoms with E-state index in [0.29, 0.717) is 27.2 Å². The lowest BCUT2D eigenvalue weighted by Gasteiger charge is -2.03. The van der Waals surface area contributed by atoms with E-state index in [1.807, 2.05) is 0 Å². The lowest BCUT2D eigenvalue weighted by atomic mass is 10.1. The van der Waals surface area contributed by atoms with Gasteiger partial charge in [0.2, 0.25) is 5.16 Å². The maximum absolute atomic E-state index is 11.8. The Morgan fingerprint density at radius 3 is 2.48 bits per heavy atom. The molecule has 0 unspecified atom stereocenters. The first-order valence-electron chi connectivity index (χ1n) is 9.24. The minimum atomic E-state index is -1.19. The number of nitrogens with one attached hydrogen (secondary N) is 1. The van der Waals surface area contributed by atoms with Crippen LogP contribution in [0.25, 0.3) is 28.8 Å². The van der Waals surface area contributed by atoms with Gasteiger partial charge in [-0.2, -0.15) is 0 Å². The summed E-state index contributed by atoms with van der Waals surface area (Å²) in [6.07, 6.45) is 1.32. The number of hydrogen-bond acceptors (Lipinski definition) is 6. The third kappa shape index (κ3) is 5.28. The van der Waals surface area contributed by atoms with Gasteiger partial charge in [-0.05, 0) is 66.4 Å². The predicted octanol–water partition coefficient (Wildman–Crippen LogP) is 5.95. The molecule has 0 aliphatic carbocycles. The largest absolute Gasteiger partial charge is 0.478 e. The molecule has 0 aliphatic rings.